The Morgan fingerprint density at radius 3 is 2.60 bits per heavy atom. The third-order valence-electron chi connectivity index (χ3n) is 3.31. The Hall–Kier alpha value is 0.240. The van der Waals surface area contributed by atoms with Crippen LogP contribution in [0.25, 0.3) is 0 Å². The first-order valence-corrected chi connectivity index (χ1v) is 8.11. The molecule has 3 atom stereocenters. The Balaban J connectivity index is 2.43. The number of halogens is 1. The van der Waals surface area contributed by atoms with Crippen LogP contribution in [0, 0.1) is 5.92 Å². The highest BCUT2D eigenvalue weighted by atomic mass is 35.5. The van der Waals surface area contributed by atoms with Crippen molar-refractivity contribution in [3.8, 4) is 0 Å². The molecule has 0 aliphatic heterocycles. The van der Waals surface area contributed by atoms with E-state index in [1.165, 1.54) is 12.7 Å². The lowest BCUT2D eigenvalue weighted by molar-refractivity contribution is 0.332. The Bertz CT molecular complexity index is 285. The van der Waals surface area contributed by atoms with Crippen LogP contribution in [0.3, 0.4) is 0 Å². The lowest BCUT2D eigenvalue weighted by Gasteiger charge is -2.28. The fourth-order valence-corrected chi connectivity index (χ4v) is 3.70. The minimum absolute atomic E-state index is 0.0955. The second-order valence-corrected chi connectivity index (χ2v) is 7.91. The molecule has 0 bridgehead atoms. The minimum Gasteiger partial charge on any atom is -0.229 e. The highest BCUT2D eigenvalue weighted by molar-refractivity contribution is 7.91. The molecule has 1 saturated carbocycles. The molecule has 0 amide bonds. The third-order valence-corrected chi connectivity index (χ3v) is 5.17. The van der Waals surface area contributed by atoms with E-state index in [0.29, 0.717) is 5.92 Å². The predicted octanol–water partition coefficient (Wildman–Crippen LogP) is 3.00. The SMILES string of the molecule is CC(Cl)CCC1CCCC(S(C)(=O)=O)C1. The molecule has 1 aliphatic carbocycles. The summed E-state index contributed by atoms with van der Waals surface area (Å²) in [5, 5.41) is 0.116. The molecule has 2 nitrogen and oxygen atoms in total. The lowest BCUT2D eigenvalue weighted by Crippen LogP contribution is -2.27. The van der Waals surface area contributed by atoms with Crippen molar-refractivity contribution in [2.24, 2.45) is 5.92 Å². The van der Waals surface area contributed by atoms with E-state index >= 15 is 0 Å². The van der Waals surface area contributed by atoms with Gasteiger partial charge in [-0.25, -0.2) is 8.42 Å². The van der Waals surface area contributed by atoms with Crippen LogP contribution in [0.2, 0.25) is 0 Å². The Kier molecular flexibility index (Phi) is 4.91. The van der Waals surface area contributed by atoms with Crippen molar-refractivity contribution in [3.63, 3.8) is 0 Å². The van der Waals surface area contributed by atoms with Gasteiger partial charge in [0.2, 0.25) is 0 Å². The van der Waals surface area contributed by atoms with Gasteiger partial charge in [0.25, 0.3) is 0 Å². The average molecular weight is 253 g/mol. The highest BCUT2D eigenvalue weighted by Crippen LogP contribution is 2.31. The maximum Gasteiger partial charge on any atom is 0.150 e. The van der Waals surface area contributed by atoms with Gasteiger partial charge in [-0.05, 0) is 38.5 Å². The van der Waals surface area contributed by atoms with Crippen LogP contribution < -0.4 is 0 Å². The summed E-state index contributed by atoms with van der Waals surface area (Å²) in [4.78, 5) is 0. The van der Waals surface area contributed by atoms with Crippen molar-refractivity contribution in [3.05, 3.63) is 0 Å². The van der Waals surface area contributed by atoms with Crippen LogP contribution in [0.4, 0.5) is 0 Å². The van der Waals surface area contributed by atoms with Crippen LogP contribution >= 0.6 is 11.6 Å². The van der Waals surface area contributed by atoms with Crippen molar-refractivity contribution in [1.82, 2.24) is 0 Å². The number of rotatable bonds is 4. The Morgan fingerprint density at radius 1 is 1.40 bits per heavy atom. The van der Waals surface area contributed by atoms with Crippen LogP contribution in [-0.2, 0) is 9.84 Å². The standard InChI is InChI=1S/C11H21ClO2S/c1-9(12)6-7-10-4-3-5-11(8-10)15(2,13)14/h9-11H,3-8H2,1-2H3. The Labute approximate surface area is 98.3 Å². The normalized spacial score (nSPS) is 30.1. The number of hydrogen-bond acceptors (Lipinski definition) is 2. The summed E-state index contributed by atoms with van der Waals surface area (Å²) in [6.07, 6.45) is 7.38. The van der Waals surface area contributed by atoms with E-state index < -0.39 is 9.84 Å². The van der Waals surface area contributed by atoms with Gasteiger partial charge in [-0.1, -0.05) is 12.8 Å². The van der Waals surface area contributed by atoms with Gasteiger partial charge in [0.05, 0.1) is 5.25 Å². The van der Waals surface area contributed by atoms with Gasteiger partial charge in [-0.3, -0.25) is 0 Å². The van der Waals surface area contributed by atoms with E-state index in [9.17, 15) is 8.42 Å². The maximum atomic E-state index is 11.4. The first-order chi connectivity index (χ1) is 6.89. The van der Waals surface area contributed by atoms with Crippen LogP contribution in [0.1, 0.15) is 45.4 Å². The summed E-state index contributed by atoms with van der Waals surface area (Å²) in [5.74, 6) is 0.569. The summed E-state index contributed by atoms with van der Waals surface area (Å²) in [6, 6.07) is 0. The van der Waals surface area contributed by atoms with Gasteiger partial charge in [-0.15, -0.1) is 11.6 Å². The van der Waals surface area contributed by atoms with Gasteiger partial charge in [-0.2, -0.15) is 0 Å². The minimum atomic E-state index is -2.83. The molecule has 0 saturated heterocycles. The molecule has 0 aromatic carbocycles. The second kappa shape index (κ2) is 5.53. The fraction of sp³-hybridized carbons (Fsp3) is 1.00. The molecule has 4 heteroatoms. The smallest absolute Gasteiger partial charge is 0.150 e. The molecule has 0 aromatic heterocycles. The predicted molar refractivity (Wildman–Crippen MR) is 65.1 cm³/mol. The molecule has 1 fully saturated rings. The van der Waals surface area contributed by atoms with E-state index in [0.717, 1.165) is 32.1 Å². The van der Waals surface area contributed by atoms with Gasteiger partial charge in [0.1, 0.15) is 9.84 Å². The first-order valence-electron chi connectivity index (χ1n) is 5.72. The molecule has 90 valence electrons. The van der Waals surface area contributed by atoms with Crippen LogP contribution in [-0.4, -0.2) is 25.3 Å². The van der Waals surface area contributed by atoms with E-state index in [2.05, 4.69) is 0 Å². The maximum absolute atomic E-state index is 11.4. The third kappa shape index (κ3) is 4.73. The topological polar surface area (TPSA) is 34.1 Å². The monoisotopic (exact) mass is 252 g/mol. The molecule has 0 aromatic rings. The summed E-state index contributed by atoms with van der Waals surface area (Å²) < 4.78 is 22.9. The second-order valence-electron chi connectivity index (χ2n) is 4.84. The summed E-state index contributed by atoms with van der Waals surface area (Å²) >= 11 is 5.91. The molecule has 0 radical (unpaired) electrons. The number of hydrogen-bond donors (Lipinski definition) is 0. The molecule has 0 spiro atoms. The zero-order chi connectivity index (χ0) is 11.5. The molecule has 1 rings (SSSR count). The average Bonchev–Trinajstić information content (AvgIpc) is 2.14. The molecular weight excluding hydrogens is 232 g/mol. The van der Waals surface area contributed by atoms with Gasteiger partial charge < -0.3 is 0 Å². The first kappa shape index (κ1) is 13.3. The summed E-state index contributed by atoms with van der Waals surface area (Å²) in [7, 11) is -2.83. The largest absolute Gasteiger partial charge is 0.229 e. The van der Waals surface area contributed by atoms with Gasteiger partial charge in [0.15, 0.2) is 0 Å². The zero-order valence-corrected chi connectivity index (χ0v) is 11.1. The van der Waals surface area contributed by atoms with E-state index in [1.807, 2.05) is 6.92 Å². The van der Waals surface area contributed by atoms with Crippen molar-refractivity contribution in [2.45, 2.75) is 56.1 Å². The molecule has 15 heavy (non-hydrogen) atoms. The summed E-state index contributed by atoms with van der Waals surface area (Å²) in [6.45, 7) is 2.00. The molecule has 0 N–H and O–H groups in total. The van der Waals surface area contributed by atoms with E-state index in [4.69, 9.17) is 11.6 Å². The van der Waals surface area contributed by atoms with Crippen molar-refractivity contribution in [1.29, 1.82) is 0 Å². The van der Waals surface area contributed by atoms with Crippen LogP contribution in [0.5, 0.6) is 0 Å². The highest BCUT2D eigenvalue weighted by Gasteiger charge is 2.28. The van der Waals surface area contributed by atoms with Crippen molar-refractivity contribution >= 4 is 21.4 Å². The van der Waals surface area contributed by atoms with Crippen LogP contribution in [0.15, 0.2) is 0 Å². The fourth-order valence-electron chi connectivity index (χ4n) is 2.36. The van der Waals surface area contributed by atoms with Gasteiger partial charge >= 0.3 is 0 Å². The molecule has 0 heterocycles. The van der Waals surface area contributed by atoms with E-state index in [1.54, 1.807) is 0 Å². The Morgan fingerprint density at radius 2 is 2.07 bits per heavy atom. The van der Waals surface area contributed by atoms with Crippen molar-refractivity contribution in [2.75, 3.05) is 6.26 Å². The summed E-state index contributed by atoms with van der Waals surface area (Å²) in [5.41, 5.74) is 0. The van der Waals surface area contributed by atoms with Crippen molar-refractivity contribution < 1.29 is 8.42 Å². The zero-order valence-electron chi connectivity index (χ0n) is 9.58. The molecule has 3 unspecified atom stereocenters. The molecule has 1 aliphatic rings. The van der Waals surface area contributed by atoms with E-state index in [-0.39, 0.29) is 10.6 Å². The lowest BCUT2D eigenvalue weighted by atomic mass is 9.85. The number of sulfone groups is 1. The van der Waals surface area contributed by atoms with Gasteiger partial charge in [0, 0.05) is 11.6 Å². The quantitative estimate of drug-likeness (QED) is 0.721. The molecular formula is C11H21ClO2S. The number of alkyl halides is 1.